The van der Waals surface area contributed by atoms with E-state index in [9.17, 15) is 8.42 Å². The van der Waals surface area contributed by atoms with Crippen LogP contribution in [0.1, 0.15) is 34.6 Å². The molecule has 6 heteroatoms. The van der Waals surface area contributed by atoms with Gasteiger partial charge in [0.1, 0.15) is 0 Å². The van der Waals surface area contributed by atoms with Gasteiger partial charge in [-0.25, -0.2) is 0 Å². The molecule has 98 valence electrons. The fourth-order valence-corrected chi connectivity index (χ4v) is 3.30. The molecule has 0 aromatic heterocycles. The maximum atomic E-state index is 12.3. The second-order valence-electron chi connectivity index (χ2n) is 4.80. The van der Waals surface area contributed by atoms with Crippen molar-refractivity contribution in [1.29, 1.82) is 0 Å². The molecule has 2 N–H and O–H groups in total. The Balaban J connectivity index is 5.27. The minimum absolute atomic E-state index is 0.0624. The first kappa shape index (κ1) is 15.8. The Morgan fingerprint density at radius 3 is 2.00 bits per heavy atom. The summed E-state index contributed by atoms with van der Waals surface area (Å²) in [6.45, 7) is 9.91. The van der Waals surface area contributed by atoms with Crippen molar-refractivity contribution in [1.82, 2.24) is 8.61 Å². The highest BCUT2D eigenvalue weighted by Gasteiger charge is 2.37. The lowest BCUT2D eigenvalue weighted by Gasteiger charge is -2.39. The molecule has 0 aliphatic rings. The van der Waals surface area contributed by atoms with Gasteiger partial charge in [0.25, 0.3) is 10.2 Å². The summed E-state index contributed by atoms with van der Waals surface area (Å²) in [6, 6.07) is -0.0624. The summed E-state index contributed by atoms with van der Waals surface area (Å²) in [7, 11) is -1.84. The zero-order valence-corrected chi connectivity index (χ0v) is 12.0. The van der Waals surface area contributed by atoms with Crippen molar-refractivity contribution in [3.05, 3.63) is 0 Å². The Labute approximate surface area is 99.8 Å². The van der Waals surface area contributed by atoms with Crippen molar-refractivity contribution in [3.8, 4) is 0 Å². The molecule has 0 bridgehead atoms. The third-order valence-electron chi connectivity index (χ3n) is 2.83. The van der Waals surface area contributed by atoms with Crippen LogP contribution >= 0.6 is 0 Å². The first-order chi connectivity index (χ1) is 7.11. The number of nitrogens with zero attached hydrogens (tertiary/aromatic N) is 2. The van der Waals surface area contributed by atoms with Crippen molar-refractivity contribution in [2.24, 2.45) is 5.73 Å². The third-order valence-corrected chi connectivity index (χ3v) is 5.29. The summed E-state index contributed by atoms with van der Waals surface area (Å²) < 4.78 is 27.4. The van der Waals surface area contributed by atoms with E-state index in [0.717, 1.165) is 0 Å². The van der Waals surface area contributed by atoms with Gasteiger partial charge in [-0.1, -0.05) is 6.92 Å². The van der Waals surface area contributed by atoms with E-state index in [2.05, 4.69) is 0 Å². The van der Waals surface area contributed by atoms with Crippen molar-refractivity contribution in [3.63, 3.8) is 0 Å². The predicted molar refractivity (Wildman–Crippen MR) is 67.3 cm³/mol. The van der Waals surface area contributed by atoms with E-state index in [-0.39, 0.29) is 6.04 Å². The van der Waals surface area contributed by atoms with Crippen molar-refractivity contribution >= 4 is 10.2 Å². The molecule has 0 aliphatic heterocycles. The number of likely N-dealkylation sites (N-methyl/N-ethyl adjacent to an activating group) is 1. The van der Waals surface area contributed by atoms with Crippen LogP contribution in [0.4, 0.5) is 0 Å². The van der Waals surface area contributed by atoms with Gasteiger partial charge >= 0.3 is 0 Å². The Morgan fingerprint density at radius 1 is 1.31 bits per heavy atom. The van der Waals surface area contributed by atoms with E-state index in [1.807, 2.05) is 34.6 Å². The van der Waals surface area contributed by atoms with E-state index in [1.54, 1.807) is 7.05 Å². The van der Waals surface area contributed by atoms with Gasteiger partial charge < -0.3 is 5.73 Å². The second kappa shape index (κ2) is 5.44. The van der Waals surface area contributed by atoms with Gasteiger partial charge in [-0.15, -0.1) is 0 Å². The molecule has 0 rings (SSSR count). The van der Waals surface area contributed by atoms with Crippen LogP contribution < -0.4 is 5.73 Å². The summed E-state index contributed by atoms with van der Waals surface area (Å²) >= 11 is 0. The van der Waals surface area contributed by atoms with Crippen LogP contribution in [0.15, 0.2) is 0 Å². The fraction of sp³-hybridized carbons (Fsp3) is 1.00. The van der Waals surface area contributed by atoms with Gasteiger partial charge in [0.05, 0.1) is 0 Å². The van der Waals surface area contributed by atoms with Crippen molar-refractivity contribution in [2.45, 2.75) is 46.2 Å². The number of nitrogens with two attached hydrogens (primary N) is 1. The molecule has 0 heterocycles. The van der Waals surface area contributed by atoms with Crippen molar-refractivity contribution in [2.75, 3.05) is 20.1 Å². The normalized spacial score (nSPS) is 14.1. The minimum atomic E-state index is -3.43. The summed E-state index contributed by atoms with van der Waals surface area (Å²) in [4.78, 5) is 0. The first-order valence-electron chi connectivity index (χ1n) is 5.57. The lowest BCUT2D eigenvalue weighted by Crippen LogP contribution is -2.56. The molecule has 0 fully saturated rings. The van der Waals surface area contributed by atoms with Gasteiger partial charge in [-0.2, -0.15) is 17.0 Å². The maximum Gasteiger partial charge on any atom is 0.282 e. The maximum absolute atomic E-state index is 12.3. The monoisotopic (exact) mass is 251 g/mol. The van der Waals surface area contributed by atoms with E-state index in [1.165, 1.54) is 8.61 Å². The lowest BCUT2D eigenvalue weighted by molar-refractivity contribution is 0.222. The summed E-state index contributed by atoms with van der Waals surface area (Å²) in [5, 5.41) is 0. The number of hydrogen-bond acceptors (Lipinski definition) is 3. The molecule has 0 aliphatic carbocycles. The first-order valence-corrected chi connectivity index (χ1v) is 6.96. The Bertz CT molecular complexity index is 312. The molecule has 0 amide bonds. The smallest absolute Gasteiger partial charge is 0.282 e. The average molecular weight is 251 g/mol. The zero-order valence-electron chi connectivity index (χ0n) is 11.2. The van der Waals surface area contributed by atoms with Crippen LogP contribution in [0.3, 0.4) is 0 Å². The van der Waals surface area contributed by atoms with Crippen LogP contribution in [-0.4, -0.2) is 48.7 Å². The minimum Gasteiger partial charge on any atom is -0.329 e. The third kappa shape index (κ3) is 3.16. The van der Waals surface area contributed by atoms with Crippen LogP contribution in [0, 0.1) is 0 Å². The topological polar surface area (TPSA) is 66.6 Å². The number of hydrogen-bond donors (Lipinski definition) is 1. The molecular weight excluding hydrogens is 226 g/mol. The average Bonchev–Trinajstić information content (AvgIpc) is 2.16. The quantitative estimate of drug-likeness (QED) is 0.753. The highest BCUT2D eigenvalue weighted by Crippen LogP contribution is 2.20. The summed E-state index contributed by atoms with van der Waals surface area (Å²) in [6.07, 6.45) is 0. The van der Waals surface area contributed by atoms with Gasteiger partial charge in [0.2, 0.25) is 0 Å². The highest BCUT2D eigenvalue weighted by atomic mass is 32.2. The molecule has 0 aromatic rings. The van der Waals surface area contributed by atoms with Gasteiger partial charge in [-0.05, 0) is 27.7 Å². The van der Waals surface area contributed by atoms with Crippen LogP contribution in [-0.2, 0) is 10.2 Å². The fourth-order valence-electron chi connectivity index (χ4n) is 1.43. The van der Waals surface area contributed by atoms with Crippen LogP contribution in [0.25, 0.3) is 0 Å². The molecule has 0 spiro atoms. The van der Waals surface area contributed by atoms with E-state index in [4.69, 9.17) is 5.73 Å². The molecule has 16 heavy (non-hydrogen) atoms. The Kier molecular flexibility index (Phi) is 5.38. The van der Waals surface area contributed by atoms with Gasteiger partial charge in [0.15, 0.2) is 0 Å². The van der Waals surface area contributed by atoms with Gasteiger partial charge in [0, 0.05) is 31.7 Å². The molecule has 0 atom stereocenters. The van der Waals surface area contributed by atoms with E-state index >= 15 is 0 Å². The Morgan fingerprint density at radius 2 is 1.75 bits per heavy atom. The standard InChI is InChI=1S/C10H25N3O2S/c1-7-13(10(4,5)8-11)16(14,15)12(6)9(2)3/h9H,7-8,11H2,1-6H3. The SMILES string of the molecule is CCN(C(C)(C)CN)S(=O)(=O)N(C)C(C)C. The highest BCUT2D eigenvalue weighted by molar-refractivity contribution is 7.86. The predicted octanol–water partition coefficient (Wildman–Crippen LogP) is 0.631. The molecular formula is C10H25N3O2S. The molecule has 0 aromatic carbocycles. The number of rotatable bonds is 6. The lowest BCUT2D eigenvalue weighted by atomic mass is 10.1. The molecule has 0 saturated carbocycles. The largest absolute Gasteiger partial charge is 0.329 e. The van der Waals surface area contributed by atoms with Crippen LogP contribution in [0.5, 0.6) is 0 Å². The summed E-state index contributed by atoms with van der Waals surface area (Å²) in [5.41, 5.74) is 5.07. The van der Waals surface area contributed by atoms with E-state index in [0.29, 0.717) is 13.1 Å². The molecule has 0 radical (unpaired) electrons. The molecule has 0 unspecified atom stereocenters. The Hall–Kier alpha value is -0.170. The molecule has 0 saturated heterocycles. The second-order valence-corrected chi connectivity index (χ2v) is 6.71. The molecule has 5 nitrogen and oxygen atoms in total. The van der Waals surface area contributed by atoms with Crippen LogP contribution in [0.2, 0.25) is 0 Å². The van der Waals surface area contributed by atoms with Gasteiger partial charge in [-0.3, -0.25) is 0 Å². The van der Waals surface area contributed by atoms with Crippen molar-refractivity contribution < 1.29 is 8.42 Å². The van der Waals surface area contributed by atoms with E-state index < -0.39 is 15.7 Å². The summed E-state index contributed by atoms with van der Waals surface area (Å²) in [5.74, 6) is 0. The zero-order chi connectivity index (χ0) is 13.1.